The maximum absolute atomic E-state index is 11.7. The fraction of sp³-hybridized carbons (Fsp3) is 0.462. The number of piperazine rings is 1. The first kappa shape index (κ1) is 23.9. The van der Waals surface area contributed by atoms with Crippen molar-refractivity contribution in [2.75, 3.05) is 68.6 Å². The molecule has 0 aliphatic carbocycles. The van der Waals surface area contributed by atoms with Gasteiger partial charge in [0.15, 0.2) is 11.5 Å². The lowest BCUT2D eigenvalue weighted by molar-refractivity contribution is -0.129. The van der Waals surface area contributed by atoms with Crippen molar-refractivity contribution in [2.45, 2.75) is 25.8 Å². The van der Waals surface area contributed by atoms with Crippen LogP contribution in [0.5, 0.6) is 11.5 Å². The molecular formula is C26H33N7O3. The summed E-state index contributed by atoms with van der Waals surface area (Å²) in [5, 5.41) is 4.54. The summed E-state index contributed by atoms with van der Waals surface area (Å²) in [6, 6.07) is 10.1. The van der Waals surface area contributed by atoms with Crippen LogP contribution in [-0.4, -0.2) is 85.3 Å². The van der Waals surface area contributed by atoms with Crippen molar-refractivity contribution < 1.29 is 14.3 Å². The first-order valence-corrected chi connectivity index (χ1v) is 12.4. The summed E-state index contributed by atoms with van der Waals surface area (Å²) in [6.45, 7) is 6.40. The molecule has 0 spiro atoms. The SMILES string of the molecule is COc1cc2nc(N3CCN(c4ccccn4)CC3)nc(NC3CCN(C(C)=O)CC3)c2cc1OC. The predicted octanol–water partition coefficient (Wildman–Crippen LogP) is 2.79. The van der Waals surface area contributed by atoms with Crippen LogP contribution >= 0.6 is 0 Å². The first-order chi connectivity index (χ1) is 17.6. The summed E-state index contributed by atoms with van der Waals surface area (Å²) in [6.07, 6.45) is 3.57. The van der Waals surface area contributed by atoms with E-state index in [9.17, 15) is 4.79 Å². The predicted molar refractivity (Wildman–Crippen MR) is 140 cm³/mol. The van der Waals surface area contributed by atoms with Crippen molar-refractivity contribution in [2.24, 2.45) is 0 Å². The number of carbonyl (C=O) groups excluding carboxylic acids is 1. The zero-order valence-electron chi connectivity index (χ0n) is 21.1. The van der Waals surface area contributed by atoms with Crippen molar-refractivity contribution in [3.63, 3.8) is 0 Å². The van der Waals surface area contributed by atoms with Gasteiger partial charge < -0.3 is 29.5 Å². The number of nitrogens with zero attached hydrogens (tertiary/aromatic N) is 6. The fourth-order valence-corrected chi connectivity index (χ4v) is 4.90. The van der Waals surface area contributed by atoms with Gasteiger partial charge in [-0.25, -0.2) is 9.97 Å². The van der Waals surface area contributed by atoms with E-state index in [1.54, 1.807) is 21.1 Å². The molecule has 1 amide bonds. The molecule has 0 unspecified atom stereocenters. The van der Waals surface area contributed by atoms with Gasteiger partial charge in [-0.2, -0.15) is 4.98 Å². The Hall–Kier alpha value is -3.82. The van der Waals surface area contributed by atoms with Gasteiger partial charge in [0.1, 0.15) is 11.6 Å². The molecule has 0 atom stereocenters. The zero-order valence-corrected chi connectivity index (χ0v) is 21.1. The Morgan fingerprint density at radius 1 is 0.944 bits per heavy atom. The highest BCUT2D eigenvalue weighted by molar-refractivity contribution is 5.93. The largest absolute Gasteiger partial charge is 0.493 e. The average molecular weight is 492 g/mol. The third kappa shape index (κ3) is 4.93. The molecule has 36 heavy (non-hydrogen) atoms. The molecule has 1 N–H and O–H groups in total. The number of amides is 1. The van der Waals surface area contributed by atoms with Crippen molar-refractivity contribution in [1.82, 2.24) is 19.9 Å². The van der Waals surface area contributed by atoms with E-state index in [0.29, 0.717) is 17.4 Å². The summed E-state index contributed by atoms with van der Waals surface area (Å²) < 4.78 is 11.1. The molecule has 10 heteroatoms. The lowest BCUT2D eigenvalue weighted by atomic mass is 10.0. The van der Waals surface area contributed by atoms with Gasteiger partial charge in [0.2, 0.25) is 11.9 Å². The minimum Gasteiger partial charge on any atom is -0.493 e. The highest BCUT2D eigenvalue weighted by atomic mass is 16.5. The Morgan fingerprint density at radius 2 is 1.64 bits per heavy atom. The second kappa shape index (κ2) is 10.4. The number of anilines is 3. The molecule has 0 radical (unpaired) electrons. The van der Waals surface area contributed by atoms with Crippen LogP contribution in [-0.2, 0) is 4.79 Å². The normalized spacial score (nSPS) is 16.8. The lowest BCUT2D eigenvalue weighted by Crippen LogP contribution is -2.47. The van der Waals surface area contributed by atoms with E-state index in [-0.39, 0.29) is 11.9 Å². The Kier molecular flexibility index (Phi) is 6.92. The summed E-state index contributed by atoms with van der Waals surface area (Å²) in [7, 11) is 3.26. The van der Waals surface area contributed by atoms with Crippen molar-refractivity contribution in [1.29, 1.82) is 0 Å². The molecule has 2 aliphatic heterocycles. The Labute approximate surface area is 211 Å². The van der Waals surface area contributed by atoms with Crippen molar-refractivity contribution in [3.05, 3.63) is 36.5 Å². The summed E-state index contributed by atoms with van der Waals surface area (Å²) in [5.74, 6) is 3.87. The standard InChI is InChI=1S/C26H33N7O3/c1-18(34)31-10-7-19(8-11-31)28-25-20-16-22(35-2)23(36-3)17-21(20)29-26(30-25)33-14-12-32(13-15-33)24-6-4-5-9-27-24/h4-6,9,16-17,19H,7-8,10-15H2,1-3H3,(H,28,29,30). The maximum Gasteiger partial charge on any atom is 0.228 e. The van der Waals surface area contributed by atoms with E-state index in [2.05, 4.69) is 20.1 Å². The van der Waals surface area contributed by atoms with Crippen LogP contribution < -0.4 is 24.6 Å². The van der Waals surface area contributed by atoms with E-state index in [1.165, 1.54) is 0 Å². The van der Waals surface area contributed by atoms with Crippen LogP contribution in [0.3, 0.4) is 0 Å². The number of nitrogens with one attached hydrogen (secondary N) is 1. The Bertz CT molecular complexity index is 1210. The maximum atomic E-state index is 11.7. The van der Waals surface area contributed by atoms with E-state index in [1.807, 2.05) is 41.4 Å². The lowest BCUT2D eigenvalue weighted by Gasteiger charge is -2.36. The van der Waals surface area contributed by atoms with E-state index >= 15 is 0 Å². The minimum atomic E-state index is 0.130. The smallest absolute Gasteiger partial charge is 0.228 e. The number of methoxy groups -OCH3 is 2. The summed E-state index contributed by atoms with van der Waals surface area (Å²) in [5.41, 5.74) is 0.800. The van der Waals surface area contributed by atoms with Gasteiger partial charge in [-0.3, -0.25) is 4.79 Å². The molecule has 3 aromatic rings. The van der Waals surface area contributed by atoms with Crippen molar-refractivity contribution in [3.8, 4) is 11.5 Å². The fourth-order valence-electron chi connectivity index (χ4n) is 4.90. The van der Waals surface area contributed by atoms with Crippen LogP contribution in [0, 0.1) is 0 Å². The van der Waals surface area contributed by atoms with Crippen LogP contribution in [0.4, 0.5) is 17.6 Å². The minimum absolute atomic E-state index is 0.130. The van der Waals surface area contributed by atoms with Gasteiger partial charge in [0, 0.05) is 69.9 Å². The molecule has 2 aliphatic rings. The monoisotopic (exact) mass is 491 g/mol. The number of ether oxygens (including phenoxy) is 2. The quantitative estimate of drug-likeness (QED) is 0.558. The molecular weight excluding hydrogens is 458 g/mol. The number of pyridine rings is 1. The molecule has 2 aromatic heterocycles. The van der Waals surface area contributed by atoms with E-state index in [4.69, 9.17) is 19.4 Å². The second-order valence-electron chi connectivity index (χ2n) is 9.18. The number of piperidine rings is 1. The summed E-state index contributed by atoms with van der Waals surface area (Å²) >= 11 is 0. The molecule has 2 fully saturated rings. The van der Waals surface area contributed by atoms with Crippen LogP contribution in [0.25, 0.3) is 10.9 Å². The number of carbonyl (C=O) groups is 1. The number of rotatable bonds is 6. The number of likely N-dealkylation sites (tertiary alicyclic amines) is 1. The highest BCUT2D eigenvalue weighted by Crippen LogP contribution is 2.36. The van der Waals surface area contributed by atoms with Crippen LogP contribution in [0.15, 0.2) is 36.5 Å². The number of benzene rings is 1. The van der Waals surface area contributed by atoms with Gasteiger partial charge in [-0.05, 0) is 31.0 Å². The molecule has 0 bridgehead atoms. The average Bonchev–Trinajstić information content (AvgIpc) is 2.93. The first-order valence-electron chi connectivity index (χ1n) is 12.4. The third-order valence-corrected chi connectivity index (χ3v) is 7.01. The van der Waals surface area contributed by atoms with E-state index < -0.39 is 0 Å². The second-order valence-corrected chi connectivity index (χ2v) is 9.18. The van der Waals surface area contributed by atoms with Crippen LogP contribution in [0.1, 0.15) is 19.8 Å². The molecule has 0 saturated carbocycles. The molecule has 4 heterocycles. The Balaban J connectivity index is 1.42. The van der Waals surface area contributed by atoms with E-state index in [0.717, 1.165) is 74.6 Å². The topological polar surface area (TPSA) is 96.0 Å². The Morgan fingerprint density at radius 3 is 2.28 bits per heavy atom. The molecule has 190 valence electrons. The molecule has 2 saturated heterocycles. The molecule has 10 nitrogen and oxygen atoms in total. The van der Waals surface area contributed by atoms with Crippen molar-refractivity contribution >= 4 is 34.4 Å². The van der Waals surface area contributed by atoms with Gasteiger partial charge in [0.25, 0.3) is 0 Å². The van der Waals surface area contributed by atoms with Gasteiger partial charge in [0.05, 0.1) is 19.7 Å². The number of fused-ring (bicyclic) bond motifs is 1. The van der Waals surface area contributed by atoms with Crippen LogP contribution in [0.2, 0.25) is 0 Å². The molecule has 5 rings (SSSR count). The van der Waals surface area contributed by atoms with Gasteiger partial charge in [-0.15, -0.1) is 0 Å². The number of aromatic nitrogens is 3. The number of hydrogen-bond donors (Lipinski definition) is 1. The third-order valence-electron chi connectivity index (χ3n) is 7.01. The zero-order chi connectivity index (χ0) is 25.1. The van der Waals surface area contributed by atoms with Gasteiger partial charge in [-0.1, -0.05) is 6.07 Å². The number of hydrogen-bond acceptors (Lipinski definition) is 9. The summed E-state index contributed by atoms with van der Waals surface area (Å²) in [4.78, 5) is 32.6. The molecule has 1 aromatic carbocycles. The van der Waals surface area contributed by atoms with Gasteiger partial charge >= 0.3 is 0 Å². The highest BCUT2D eigenvalue weighted by Gasteiger charge is 2.25.